The van der Waals surface area contributed by atoms with Crippen molar-refractivity contribution in [1.29, 1.82) is 0 Å². The number of carbonyl (C=O) groups is 2. The van der Waals surface area contributed by atoms with Crippen molar-refractivity contribution < 1.29 is 23.8 Å². The van der Waals surface area contributed by atoms with Crippen LogP contribution in [0.25, 0.3) is 0 Å². The minimum atomic E-state index is -0.582. The summed E-state index contributed by atoms with van der Waals surface area (Å²) in [6, 6.07) is 1.56. The second-order valence-corrected chi connectivity index (χ2v) is 7.10. The number of carbonyl (C=O) groups excluding carboxylic acids is 2. The molecule has 144 valence electrons. The van der Waals surface area contributed by atoms with Crippen LogP contribution in [0.1, 0.15) is 41.3 Å². The van der Waals surface area contributed by atoms with Crippen molar-refractivity contribution in [3.05, 3.63) is 46.2 Å². The number of allylic oxidation sites excluding steroid dienone is 2. The van der Waals surface area contributed by atoms with E-state index in [1.165, 1.54) is 14.2 Å². The second kappa shape index (κ2) is 7.19. The molecule has 1 aromatic carbocycles. The molecule has 0 bridgehead atoms. The summed E-state index contributed by atoms with van der Waals surface area (Å²) in [6.45, 7) is 2.05. The van der Waals surface area contributed by atoms with E-state index in [1.54, 1.807) is 19.3 Å². The Balaban J connectivity index is 2.37. The maximum absolute atomic E-state index is 12.6. The highest BCUT2D eigenvalue weighted by molar-refractivity contribution is 6.03. The molecule has 2 atom stereocenters. The average Bonchev–Trinajstić information content (AvgIpc) is 2.86. The summed E-state index contributed by atoms with van der Waals surface area (Å²) in [5, 5.41) is 0. The lowest BCUT2D eigenvalue weighted by Crippen LogP contribution is -2.35. The molecular formula is C21H25NO5. The Hall–Kier alpha value is -2.60. The molecule has 1 aromatic rings. The van der Waals surface area contributed by atoms with E-state index in [4.69, 9.17) is 19.9 Å². The van der Waals surface area contributed by atoms with Crippen LogP contribution in [0.3, 0.4) is 0 Å². The molecule has 0 aromatic heterocycles. The third-order valence-electron chi connectivity index (χ3n) is 5.64. The normalized spacial score (nSPS) is 24.5. The summed E-state index contributed by atoms with van der Waals surface area (Å²) in [4.78, 5) is 24.2. The smallest absolute Gasteiger partial charge is 0.220 e. The first-order valence-corrected chi connectivity index (χ1v) is 8.90. The van der Waals surface area contributed by atoms with Gasteiger partial charge in [-0.05, 0) is 48.6 Å². The molecule has 6 heteroatoms. The predicted molar refractivity (Wildman–Crippen MR) is 101 cm³/mol. The molecule has 0 radical (unpaired) electrons. The highest BCUT2D eigenvalue weighted by atomic mass is 16.5. The molecule has 1 unspecified atom stereocenters. The van der Waals surface area contributed by atoms with Crippen molar-refractivity contribution in [2.24, 2.45) is 5.73 Å². The number of hydrogen-bond donors (Lipinski definition) is 1. The number of aldehydes is 1. The predicted octanol–water partition coefficient (Wildman–Crippen LogP) is 2.48. The maximum Gasteiger partial charge on any atom is 0.220 e. The van der Waals surface area contributed by atoms with Crippen LogP contribution in [0, 0.1) is 0 Å². The number of ketones is 1. The van der Waals surface area contributed by atoms with Gasteiger partial charge in [0.15, 0.2) is 23.5 Å². The number of benzene rings is 1. The summed E-state index contributed by atoms with van der Waals surface area (Å²) in [5.74, 6) is 1.03. The fraction of sp³-hybridized carbons (Fsp3) is 0.429. The van der Waals surface area contributed by atoms with E-state index in [-0.39, 0.29) is 11.8 Å². The molecule has 2 aliphatic carbocycles. The summed E-state index contributed by atoms with van der Waals surface area (Å²) >= 11 is 0. The van der Waals surface area contributed by atoms with Crippen molar-refractivity contribution in [2.45, 2.75) is 37.6 Å². The minimum Gasteiger partial charge on any atom is -0.493 e. The lowest BCUT2D eigenvalue weighted by atomic mass is 9.70. The molecule has 0 saturated carbocycles. The van der Waals surface area contributed by atoms with Gasteiger partial charge in [-0.3, -0.25) is 9.59 Å². The number of methoxy groups -OCH3 is 3. The zero-order chi connectivity index (χ0) is 19.8. The second-order valence-electron chi connectivity index (χ2n) is 7.10. The lowest BCUT2D eigenvalue weighted by Gasteiger charge is -2.35. The van der Waals surface area contributed by atoms with Crippen LogP contribution in [0.2, 0.25) is 0 Å². The molecule has 2 N–H and O–H groups in total. The fourth-order valence-electron chi connectivity index (χ4n) is 4.31. The van der Waals surface area contributed by atoms with Gasteiger partial charge in [-0.2, -0.15) is 0 Å². The van der Waals surface area contributed by atoms with Crippen LogP contribution in [0.4, 0.5) is 0 Å². The van der Waals surface area contributed by atoms with Gasteiger partial charge in [-0.15, -0.1) is 0 Å². The SMILES string of the molecule is COC1=CCC2(C)C(=CC1=O)[C@@H](N)CCc1cc(C=O)c(OC)c(OC)c12. The van der Waals surface area contributed by atoms with E-state index in [0.29, 0.717) is 42.1 Å². The molecule has 3 rings (SSSR count). The van der Waals surface area contributed by atoms with Crippen LogP contribution >= 0.6 is 0 Å². The summed E-state index contributed by atoms with van der Waals surface area (Å²) in [7, 11) is 4.56. The topological polar surface area (TPSA) is 87.9 Å². The zero-order valence-electron chi connectivity index (χ0n) is 16.1. The van der Waals surface area contributed by atoms with Crippen LogP contribution in [-0.4, -0.2) is 39.4 Å². The van der Waals surface area contributed by atoms with Gasteiger partial charge in [0.1, 0.15) is 0 Å². The van der Waals surface area contributed by atoms with Gasteiger partial charge in [0, 0.05) is 17.0 Å². The molecule has 0 fully saturated rings. The Kier molecular flexibility index (Phi) is 5.11. The molecule has 2 aliphatic rings. The minimum absolute atomic E-state index is 0.189. The molecular weight excluding hydrogens is 346 g/mol. The van der Waals surface area contributed by atoms with Crippen molar-refractivity contribution in [2.75, 3.05) is 21.3 Å². The van der Waals surface area contributed by atoms with Gasteiger partial charge in [-0.1, -0.05) is 6.92 Å². The zero-order valence-corrected chi connectivity index (χ0v) is 16.1. The Morgan fingerprint density at radius 1 is 1.19 bits per heavy atom. The van der Waals surface area contributed by atoms with Crippen molar-refractivity contribution >= 4 is 12.1 Å². The Bertz CT molecular complexity index is 855. The summed E-state index contributed by atoms with van der Waals surface area (Å²) < 4.78 is 16.5. The number of nitrogens with two attached hydrogens (primary N) is 1. The van der Waals surface area contributed by atoms with Crippen molar-refractivity contribution in [3.8, 4) is 11.5 Å². The Morgan fingerprint density at radius 2 is 1.89 bits per heavy atom. The summed E-state index contributed by atoms with van der Waals surface area (Å²) in [5.41, 5.74) is 9.07. The first kappa shape index (κ1) is 19.2. The van der Waals surface area contributed by atoms with E-state index >= 15 is 0 Å². The molecule has 6 nitrogen and oxygen atoms in total. The van der Waals surface area contributed by atoms with Crippen molar-refractivity contribution in [1.82, 2.24) is 0 Å². The fourth-order valence-corrected chi connectivity index (χ4v) is 4.31. The van der Waals surface area contributed by atoms with Gasteiger partial charge >= 0.3 is 0 Å². The van der Waals surface area contributed by atoms with Gasteiger partial charge in [0.2, 0.25) is 5.78 Å². The van der Waals surface area contributed by atoms with E-state index in [1.807, 2.05) is 13.0 Å². The number of aryl methyl sites for hydroxylation is 1. The van der Waals surface area contributed by atoms with E-state index < -0.39 is 5.41 Å². The standard InChI is InChI=1S/C21H25NO5/c1-21-8-7-17(25-2)16(24)10-14(21)15(22)6-5-12-9-13(11-23)19(26-3)20(27-4)18(12)21/h7,9-11,15H,5-6,8,22H2,1-4H3/t15-,21?/m0/s1. The van der Waals surface area contributed by atoms with Gasteiger partial charge < -0.3 is 19.9 Å². The number of fused-ring (bicyclic) bond motifs is 3. The third kappa shape index (κ3) is 2.94. The Morgan fingerprint density at radius 3 is 2.48 bits per heavy atom. The van der Waals surface area contributed by atoms with Crippen LogP contribution in [0.15, 0.2) is 29.6 Å². The molecule has 27 heavy (non-hydrogen) atoms. The number of ether oxygens (including phenoxy) is 3. The van der Waals surface area contributed by atoms with E-state index in [9.17, 15) is 9.59 Å². The average molecular weight is 371 g/mol. The van der Waals surface area contributed by atoms with Crippen molar-refractivity contribution in [3.63, 3.8) is 0 Å². The number of hydrogen-bond acceptors (Lipinski definition) is 6. The maximum atomic E-state index is 12.6. The van der Waals surface area contributed by atoms with E-state index in [0.717, 1.165) is 23.0 Å². The monoisotopic (exact) mass is 371 g/mol. The first-order valence-electron chi connectivity index (χ1n) is 8.90. The number of rotatable bonds is 4. The largest absolute Gasteiger partial charge is 0.493 e. The third-order valence-corrected chi connectivity index (χ3v) is 5.64. The summed E-state index contributed by atoms with van der Waals surface area (Å²) in [6.07, 6.45) is 6.03. The lowest BCUT2D eigenvalue weighted by molar-refractivity contribution is -0.114. The molecule has 0 aliphatic heterocycles. The quantitative estimate of drug-likeness (QED) is 0.818. The van der Waals surface area contributed by atoms with Crippen LogP contribution in [-0.2, 0) is 21.4 Å². The van der Waals surface area contributed by atoms with Crippen LogP contribution in [0.5, 0.6) is 11.5 Å². The molecule has 0 heterocycles. The van der Waals surface area contributed by atoms with E-state index in [2.05, 4.69) is 0 Å². The van der Waals surface area contributed by atoms with Gasteiger partial charge in [0.25, 0.3) is 0 Å². The molecule has 0 spiro atoms. The Labute approximate surface area is 159 Å². The molecule has 0 saturated heterocycles. The van der Waals surface area contributed by atoms with Crippen LogP contribution < -0.4 is 15.2 Å². The van der Waals surface area contributed by atoms with Gasteiger partial charge in [0.05, 0.1) is 26.9 Å². The highest BCUT2D eigenvalue weighted by Gasteiger charge is 2.43. The molecule has 0 amide bonds. The highest BCUT2D eigenvalue weighted by Crippen LogP contribution is 2.51. The van der Waals surface area contributed by atoms with Gasteiger partial charge in [-0.25, -0.2) is 0 Å². The first-order chi connectivity index (χ1) is 12.9.